The fraction of sp³-hybridized carbons (Fsp3) is 0.588. The molecule has 6 nitrogen and oxygen atoms in total. The van der Waals surface area contributed by atoms with Gasteiger partial charge in [-0.15, -0.1) is 24.0 Å². The maximum atomic E-state index is 13.2. The molecule has 2 N–H and O–H groups in total. The van der Waals surface area contributed by atoms with E-state index in [0.717, 1.165) is 6.42 Å². The minimum absolute atomic E-state index is 0. The van der Waals surface area contributed by atoms with E-state index in [0.29, 0.717) is 44.6 Å². The van der Waals surface area contributed by atoms with Crippen molar-refractivity contribution in [1.82, 2.24) is 10.6 Å². The molecule has 1 atom stereocenters. The van der Waals surface area contributed by atoms with Gasteiger partial charge < -0.3 is 24.8 Å². The Morgan fingerprint density at radius 2 is 2.04 bits per heavy atom. The first-order valence-electron chi connectivity index (χ1n) is 8.13. The Balaban J connectivity index is 0.00000576. The van der Waals surface area contributed by atoms with Crippen LogP contribution in [0, 0.1) is 5.82 Å². The van der Waals surface area contributed by atoms with Crippen LogP contribution in [0.5, 0.6) is 5.75 Å². The van der Waals surface area contributed by atoms with Crippen LogP contribution in [0.4, 0.5) is 4.39 Å². The van der Waals surface area contributed by atoms with Gasteiger partial charge >= 0.3 is 0 Å². The smallest absolute Gasteiger partial charge is 0.191 e. The molecule has 0 saturated carbocycles. The Bertz CT molecular complexity index is 492. The van der Waals surface area contributed by atoms with Crippen LogP contribution >= 0.6 is 24.0 Å². The molecule has 0 heterocycles. The lowest BCUT2D eigenvalue weighted by Gasteiger charge is -2.20. The van der Waals surface area contributed by atoms with Crippen molar-refractivity contribution in [1.29, 1.82) is 0 Å². The number of ether oxygens (including phenoxy) is 3. The summed E-state index contributed by atoms with van der Waals surface area (Å²) in [5.41, 5.74) is 0. The van der Waals surface area contributed by atoms with E-state index in [9.17, 15) is 4.39 Å². The maximum Gasteiger partial charge on any atom is 0.191 e. The van der Waals surface area contributed by atoms with Gasteiger partial charge in [0.15, 0.2) is 5.96 Å². The third-order valence-corrected chi connectivity index (χ3v) is 3.25. The van der Waals surface area contributed by atoms with E-state index >= 15 is 0 Å². The van der Waals surface area contributed by atoms with E-state index < -0.39 is 0 Å². The monoisotopic (exact) mass is 469 g/mol. The highest BCUT2D eigenvalue weighted by atomic mass is 127. The molecule has 8 heteroatoms. The first-order chi connectivity index (χ1) is 11.7. The van der Waals surface area contributed by atoms with Gasteiger partial charge in [-0.2, -0.15) is 0 Å². The normalized spacial score (nSPS) is 12.2. The molecule has 0 spiro atoms. The minimum atomic E-state index is -0.304. The topological polar surface area (TPSA) is 64.1 Å². The molecule has 1 aromatic carbocycles. The number of rotatable bonds is 11. The van der Waals surface area contributed by atoms with Crippen LogP contribution < -0.4 is 15.4 Å². The van der Waals surface area contributed by atoms with Gasteiger partial charge in [-0.25, -0.2) is 4.39 Å². The highest BCUT2D eigenvalue weighted by Gasteiger charge is 2.09. The van der Waals surface area contributed by atoms with Gasteiger partial charge in [0.2, 0.25) is 0 Å². The largest absolute Gasteiger partial charge is 0.489 e. The number of methoxy groups -OCH3 is 1. The van der Waals surface area contributed by atoms with E-state index in [1.54, 1.807) is 26.3 Å². The Morgan fingerprint density at radius 1 is 1.24 bits per heavy atom. The molecule has 144 valence electrons. The molecular weight excluding hydrogens is 440 g/mol. The molecule has 0 aliphatic carbocycles. The van der Waals surface area contributed by atoms with Gasteiger partial charge in [0.05, 0.1) is 26.4 Å². The Morgan fingerprint density at radius 3 is 2.68 bits per heavy atom. The van der Waals surface area contributed by atoms with Crippen molar-refractivity contribution in [2.24, 2.45) is 4.99 Å². The molecular formula is C17H29FIN3O3. The van der Waals surface area contributed by atoms with Gasteiger partial charge in [0, 0.05) is 26.8 Å². The molecule has 25 heavy (non-hydrogen) atoms. The van der Waals surface area contributed by atoms with Gasteiger partial charge in [-0.1, -0.05) is 13.0 Å². The molecule has 1 rings (SSSR count). The lowest BCUT2D eigenvalue weighted by atomic mass is 10.2. The molecule has 0 aliphatic rings. The van der Waals surface area contributed by atoms with Gasteiger partial charge in [0.1, 0.15) is 17.7 Å². The zero-order valence-electron chi connectivity index (χ0n) is 15.1. The Labute approximate surface area is 166 Å². The summed E-state index contributed by atoms with van der Waals surface area (Å²) in [5.74, 6) is 0.894. The quantitative estimate of drug-likeness (QED) is 0.226. The number of hydrogen-bond acceptors (Lipinski definition) is 4. The summed E-state index contributed by atoms with van der Waals surface area (Å²) in [7, 11) is 3.35. The van der Waals surface area contributed by atoms with Crippen molar-refractivity contribution in [3.8, 4) is 5.75 Å². The second-order valence-electron chi connectivity index (χ2n) is 5.09. The standard InChI is InChI=1S/C17H28FN3O3.HI/c1-4-15(24-16-7-5-6-14(18)12-16)13-21-17(19-2)20-8-9-23-11-10-22-3;/h5-7,12,15H,4,8-11,13H2,1-3H3,(H2,19,20,21);1H. The number of aliphatic imine (C=N–C) groups is 1. The lowest BCUT2D eigenvalue weighted by molar-refractivity contribution is 0.0733. The predicted octanol–water partition coefficient (Wildman–Crippen LogP) is 2.43. The number of guanidine groups is 1. The number of hydrogen-bond donors (Lipinski definition) is 2. The van der Waals surface area contributed by atoms with E-state index in [1.807, 2.05) is 6.92 Å². The Hall–Kier alpha value is -1.13. The lowest BCUT2D eigenvalue weighted by Crippen LogP contribution is -2.43. The Kier molecular flexibility index (Phi) is 14.5. The zero-order valence-corrected chi connectivity index (χ0v) is 17.4. The molecule has 0 radical (unpaired) electrons. The minimum Gasteiger partial charge on any atom is -0.489 e. The summed E-state index contributed by atoms with van der Waals surface area (Å²) in [5, 5.41) is 6.35. The maximum absolute atomic E-state index is 13.2. The summed E-state index contributed by atoms with van der Waals surface area (Å²) in [6.45, 7) is 4.96. The van der Waals surface area contributed by atoms with Crippen LogP contribution in [0.25, 0.3) is 0 Å². The molecule has 0 amide bonds. The van der Waals surface area contributed by atoms with Gasteiger partial charge in [-0.05, 0) is 18.6 Å². The molecule has 0 fully saturated rings. The van der Waals surface area contributed by atoms with Crippen LogP contribution in [0.3, 0.4) is 0 Å². The highest BCUT2D eigenvalue weighted by Crippen LogP contribution is 2.14. The van der Waals surface area contributed by atoms with E-state index in [4.69, 9.17) is 14.2 Å². The van der Waals surface area contributed by atoms with Crippen LogP contribution in [-0.4, -0.2) is 59.1 Å². The van der Waals surface area contributed by atoms with Gasteiger partial charge in [-0.3, -0.25) is 4.99 Å². The second kappa shape index (κ2) is 15.2. The van der Waals surface area contributed by atoms with Crippen LogP contribution in [0.15, 0.2) is 29.3 Å². The van der Waals surface area contributed by atoms with Crippen molar-refractivity contribution in [3.63, 3.8) is 0 Å². The average molecular weight is 469 g/mol. The molecule has 1 aromatic rings. The molecule has 0 aliphatic heterocycles. The summed E-state index contributed by atoms with van der Waals surface area (Å²) in [6.07, 6.45) is 0.712. The van der Waals surface area contributed by atoms with Crippen molar-refractivity contribution in [2.75, 3.05) is 47.1 Å². The SMILES string of the molecule is CCC(CNC(=NC)NCCOCCOC)Oc1cccc(F)c1.I. The van der Waals surface area contributed by atoms with Crippen molar-refractivity contribution in [2.45, 2.75) is 19.4 Å². The van der Waals surface area contributed by atoms with Crippen molar-refractivity contribution < 1.29 is 18.6 Å². The first kappa shape index (κ1) is 23.9. The predicted molar refractivity (Wildman–Crippen MR) is 109 cm³/mol. The van der Waals surface area contributed by atoms with Crippen molar-refractivity contribution in [3.05, 3.63) is 30.1 Å². The second-order valence-corrected chi connectivity index (χ2v) is 5.09. The van der Waals surface area contributed by atoms with Crippen molar-refractivity contribution >= 4 is 29.9 Å². The fourth-order valence-corrected chi connectivity index (χ4v) is 1.92. The number of halogens is 2. The molecule has 0 aromatic heterocycles. The molecule has 0 saturated heterocycles. The van der Waals surface area contributed by atoms with E-state index in [1.165, 1.54) is 12.1 Å². The highest BCUT2D eigenvalue weighted by molar-refractivity contribution is 14.0. The third kappa shape index (κ3) is 11.2. The van der Waals surface area contributed by atoms with Crippen LogP contribution in [0.1, 0.15) is 13.3 Å². The zero-order chi connectivity index (χ0) is 17.6. The summed E-state index contributed by atoms with van der Waals surface area (Å²) >= 11 is 0. The van der Waals surface area contributed by atoms with E-state index in [2.05, 4.69) is 15.6 Å². The number of nitrogens with zero attached hydrogens (tertiary/aromatic N) is 1. The van der Waals surface area contributed by atoms with E-state index in [-0.39, 0.29) is 35.9 Å². The summed E-state index contributed by atoms with van der Waals surface area (Å²) in [6, 6.07) is 6.16. The third-order valence-electron chi connectivity index (χ3n) is 3.25. The average Bonchev–Trinajstić information content (AvgIpc) is 2.59. The summed E-state index contributed by atoms with van der Waals surface area (Å²) in [4.78, 5) is 4.15. The fourth-order valence-electron chi connectivity index (χ4n) is 1.92. The number of benzene rings is 1. The van der Waals surface area contributed by atoms with Gasteiger partial charge in [0.25, 0.3) is 0 Å². The van der Waals surface area contributed by atoms with Crippen LogP contribution in [0.2, 0.25) is 0 Å². The summed E-state index contributed by atoms with van der Waals surface area (Å²) < 4.78 is 29.3. The molecule has 0 bridgehead atoms. The first-order valence-corrected chi connectivity index (χ1v) is 8.13. The van der Waals surface area contributed by atoms with Crippen LogP contribution in [-0.2, 0) is 9.47 Å². The molecule has 1 unspecified atom stereocenters. The number of nitrogens with one attached hydrogen (secondary N) is 2.